The lowest BCUT2D eigenvalue weighted by atomic mass is 10.2. The Balaban J connectivity index is 2.15. The summed E-state index contributed by atoms with van der Waals surface area (Å²) in [6.45, 7) is 0.516. The first kappa shape index (κ1) is 15.8. The van der Waals surface area contributed by atoms with Crippen LogP contribution < -0.4 is 11.1 Å². The summed E-state index contributed by atoms with van der Waals surface area (Å²) in [6, 6.07) is 7.98. The zero-order valence-corrected chi connectivity index (χ0v) is 14.0. The van der Waals surface area contributed by atoms with Gasteiger partial charge < -0.3 is 15.8 Å². The maximum absolute atomic E-state index is 11.4. The van der Waals surface area contributed by atoms with Gasteiger partial charge in [0.05, 0.1) is 7.11 Å². The summed E-state index contributed by atoms with van der Waals surface area (Å²) in [5, 5.41) is 3.10. The van der Waals surface area contributed by atoms with Crippen molar-refractivity contribution in [1.29, 1.82) is 0 Å². The number of nitrogens with one attached hydrogen (secondary N) is 1. The molecular formula is C13H12ClIN4O2. The van der Waals surface area contributed by atoms with E-state index < -0.39 is 5.97 Å². The summed E-state index contributed by atoms with van der Waals surface area (Å²) in [5.74, 6) is -0.386. The van der Waals surface area contributed by atoms with Crippen LogP contribution in [0.4, 0.5) is 11.6 Å². The Kier molecular flexibility index (Phi) is 5.18. The number of methoxy groups -OCH3 is 1. The molecule has 0 radical (unpaired) electrons. The van der Waals surface area contributed by atoms with E-state index in [1.54, 1.807) is 0 Å². The Labute approximate surface area is 140 Å². The average molecular weight is 419 g/mol. The molecule has 2 rings (SSSR count). The van der Waals surface area contributed by atoms with Gasteiger partial charge in [0.25, 0.3) is 0 Å². The molecule has 0 aliphatic carbocycles. The van der Waals surface area contributed by atoms with Gasteiger partial charge in [-0.15, -0.1) is 0 Å². The molecule has 0 spiro atoms. The summed E-state index contributed by atoms with van der Waals surface area (Å²) in [5.41, 5.74) is 6.65. The van der Waals surface area contributed by atoms with E-state index in [9.17, 15) is 4.79 Å². The van der Waals surface area contributed by atoms with Crippen molar-refractivity contribution in [2.75, 3.05) is 18.2 Å². The molecule has 110 valence electrons. The van der Waals surface area contributed by atoms with Gasteiger partial charge in [0.15, 0.2) is 22.5 Å². The summed E-state index contributed by atoms with van der Waals surface area (Å²) in [6.07, 6.45) is 0. The number of carbonyl (C=O) groups is 1. The van der Waals surface area contributed by atoms with Gasteiger partial charge in [-0.2, -0.15) is 0 Å². The van der Waals surface area contributed by atoms with Crippen LogP contribution in [0.5, 0.6) is 0 Å². The van der Waals surface area contributed by atoms with Gasteiger partial charge in [-0.05, 0) is 40.3 Å². The van der Waals surface area contributed by atoms with E-state index in [1.807, 2.05) is 24.3 Å². The predicted molar refractivity (Wildman–Crippen MR) is 89.3 cm³/mol. The second-order valence-corrected chi connectivity index (χ2v) is 5.67. The molecule has 3 N–H and O–H groups in total. The largest absolute Gasteiger partial charge is 0.464 e. The summed E-state index contributed by atoms with van der Waals surface area (Å²) in [7, 11) is 1.24. The molecule has 0 saturated carbocycles. The van der Waals surface area contributed by atoms with Gasteiger partial charge in [-0.25, -0.2) is 14.8 Å². The molecule has 0 fully saturated rings. The SMILES string of the molecule is COC(=O)c1nc(Cl)c(NCc2ccc(I)cc2)nc1N. The number of esters is 1. The summed E-state index contributed by atoms with van der Waals surface area (Å²) in [4.78, 5) is 19.4. The Morgan fingerprint density at radius 3 is 2.67 bits per heavy atom. The number of hydrogen-bond donors (Lipinski definition) is 2. The zero-order valence-electron chi connectivity index (χ0n) is 11.1. The standard InChI is InChI=1S/C13H12ClIN4O2/c1-21-13(20)9-11(16)19-12(10(14)18-9)17-6-7-2-4-8(15)5-3-7/h2-5H,6H2,1H3,(H3,16,17,19). The van der Waals surface area contributed by atoms with Crippen LogP contribution in [0, 0.1) is 3.57 Å². The highest BCUT2D eigenvalue weighted by atomic mass is 127. The Bertz CT molecular complexity index is 664. The smallest absolute Gasteiger partial charge is 0.360 e. The minimum Gasteiger partial charge on any atom is -0.464 e. The van der Waals surface area contributed by atoms with Gasteiger partial charge in [0.2, 0.25) is 0 Å². The fourth-order valence-corrected chi connectivity index (χ4v) is 2.13. The van der Waals surface area contributed by atoms with Crippen LogP contribution in [0.15, 0.2) is 24.3 Å². The highest BCUT2D eigenvalue weighted by Crippen LogP contribution is 2.21. The third-order valence-electron chi connectivity index (χ3n) is 2.63. The minimum atomic E-state index is -0.675. The molecule has 0 aliphatic rings. The lowest BCUT2D eigenvalue weighted by molar-refractivity contribution is 0.0595. The van der Waals surface area contributed by atoms with Crippen molar-refractivity contribution >= 4 is 51.8 Å². The van der Waals surface area contributed by atoms with Crippen LogP contribution in [-0.4, -0.2) is 23.0 Å². The predicted octanol–water partition coefficient (Wildman–Crippen LogP) is 2.72. The van der Waals surface area contributed by atoms with Crippen LogP contribution in [-0.2, 0) is 11.3 Å². The number of ether oxygens (including phenoxy) is 1. The number of aromatic nitrogens is 2. The van der Waals surface area contributed by atoms with Crippen molar-refractivity contribution in [3.63, 3.8) is 0 Å². The number of nitrogen functional groups attached to an aromatic ring is 1. The van der Waals surface area contributed by atoms with Gasteiger partial charge in [0, 0.05) is 10.1 Å². The number of nitrogens with zero attached hydrogens (tertiary/aromatic N) is 2. The van der Waals surface area contributed by atoms with Gasteiger partial charge >= 0.3 is 5.97 Å². The first-order valence-electron chi connectivity index (χ1n) is 5.91. The zero-order chi connectivity index (χ0) is 15.4. The number of nitrogens with two attached hydrogens (primary N) is 1. The maximum Gasteiger partial charge on any atom is 0.360 e. The number of carbonyl (C=O) groups excluding carboxylic acids is 1. The topological polar surface area (TPSA) is 90.1 Å². The Morgan fingerprint density at radius 2 is 2.05 bits per heavy atom. The molecule has 1 heterocycles. The Morgan fingerprint density at radius 1 is 1.38 bits per heavy atom. The quantitative estimate of drug-likeness (QED) is 0.586. The molecule has 2 aromatic rings. The van der Waals surface area contributed by atoms with E-state index in [1.165, 1.54) is 7.11 Å². The molecule has 0 saturated heterocycles. The Hall–Kier alpha value is -1.61. The van der Waals surface area contributed by atoms with Crippen LogP contribution in [0.2, 0.25) is 5.15 Å². The molecule has 0 bridgehead atoms. The molecule has 0 atom stereocenters. The number of anilines is 2. The van der Waals surface area contributed by atoms with E-state index in [2.05, 4.69) is 42.6 Å². The van der Waals surface area contributed by atoms with E-state index in [0.717, 1.165) is 9.13 Å². The molecule has 1 aromatic heterocycles. The van der Waals surface area contributed by atoms with Crippen LogP contribution in [0.25, 0.3) is 0 Å². The first-order chi connectivity index (χ1) is 10.0. The van der Waals surface area contributed by atoms with Crippen LogP contribution in [0.1, 0.15) is 16.1 Å². The highest BCUT2D eigenvalue weighted by Gasteiger charge is 2.17. The number of benzene rings is 1. The van der Waals surface area contributed by atoms with Gasteiger partial charge in [-0.3, -0.25) is 0 Å². The van der Waals surface area contributed by atoms with E-state index in [0.29, 0.717) is 12.4 Å². The minimum absolute atomic E-state index is 0.0311. The van der Waals surface area contributed by atoms with Crippen molar-refractivity contribution in [1.82, 2.24) is 9.97 Å². The van der Waals surface area contributed by atoms with E-state index in [-0.39, 0.29) is 16.7 Å². The third kappa shape index (κ3) is 3.94. The normalized spacial score (nSPS) is 10.2. The van der Waals surface area contributed by atoms with Crippen LogP contribution in [0.3, 0.4) is 0 Å². The van der Waals surface area contributed by atoms with Crippen molar-refractivity contribution < 1.29 is 9.53 Å². The molecule has 0 unspecified atom stereocenters. The van der Waals surface area contributed by atoms with E-state index >= 15 is 0 Å². The summed E-state index contributed by atoms with van der Waals surface area (Å²) >= 11 is 8.23. The molecule has 21 heavy (non-hydrogen) atoms. The fourth-order valence-electron chi connectivity index (χ4n) is 1.58. The van der Waals surface area contributed by atoms with Gasteiger partial charge in [-0.1, -0.05) is 23.7 Å². The van der Waals surface area contributed by atoms with Crippen molar-refractivity contribution in [2.24, 2.45) is 0 Å². The molecule has 1 aromatic carbocycles. The van der Waals surface area contributed by atoms with Crippen molar-refractivity contribution in [3.05, 3.63) is 44.2 Å². The monoisotopic (exact) mass is 418 g/mol. The first-order valence-corrected chi connectivity index (χ1v) is 7.36. The maximum atomic E-state index is 11.4. The number of rotatable bonds is 4. The number of hydrogen-bond acceptors (Lipinski definition) is 6. The molecule has 0 aliphatic heterocycles. The third-order valence-corrected chi connectivity index (χ3v) is 3.61. The van der Waals surface area contributed by atoms with E-state index in [4.69, 9.17) is 17.3 Å². The molecule has 0 amide bonds. The fraction of sp³-hybridized carbons (Fsp3) is 0.154. The lowest BCUT2D eigenvalue weighted by Gasteiger charge is -2.10. The van der Waals surface area contributed by atoms with Gasteiger partial charge in [0.1, 0.15) is 0 Å². The molecule has 8 heteroatoms. The lowest BCUT2D eigenvalue weighted by Crippen LogP contribution is -2.13. The molecular weight excluding hydrogens is 407 g/mol. The number of halogens is 2. The van der Waals surface area contributed by atoms with Crippen molar-refractivity contribution in [3.8, 4) is 0 Å². The molecule has 6 nitrogen and oxygen atoms in total. The highest BCUT2D eigenvalue weighted by molar-refractivity contribution is 14.1. The van der Waals surface area contributed by atoms with Crippen molar-refractivity contribution in [2.45, 2.75) is 6.54 Å². The second-order valence-electron chi connectivity index (χ2n) is 4.07. The average Bonchev–Trinajstić information content (AvgIpc) is 2.48. The van der Waals surface area contributed by atoms with Crippen LogP contribution >= 0.6 is 34.2 Å². The summed E-state index contributed by atoms with van der Waals surface area (Å²) < 4.78 is 5.70. The second kappa shape index (κ2) is 6.90.